The summed E-state index contributed by atoms with van der Waals surface area (Å²) < 4.78 is 4.75. The molecule has 0 saturated carbocycles. The average Bonchev–Trinajstić information content (AvgIpc) is 2.27. The van der Waals surface area contributed by atoms with Crippen molar-refractivity contribution in [1.82, 2.24) is 10.6 Å². The first-order chi connectivity index (χ1) is 8.10. The van der Waals surface area contributed by atoms with Crippen molar-refractivity contribution < 1.29 is 19.4 Å². The molecular weight excluding hydrogens is 224 g/mol. The van der Waals surface area contributed by atoms with Gasteiger partial charge in [0.2, 0.25) is 0 Å². The molecule has 0 fully saturated rings. The van der Waals surface area contributed by atoms with Gasteiger partial charge >= 0.3 is 12.0 Å². The summed E-state index contributed by atoms with van der Waals surface area (Å²) in [5, 5.41) is 13.5. The minimum atomic E-state index is -1.03. The van der Waals surface area contributed by atoms with Crippen molar-refractivity contribution in [2.75, 3.05) is 19.8 Å². The number of hydrogen-bond donors (Lipinski definition) is 3. The summed E-state index contributed by atoms with van der Waals surface area (Å²) in [7, 11) is 0. The van der Waals surface area contributed by atoms with Crippen molar-refractivity contribution in [2.45, 2.75) is 25.8 Å². The Balaban J connectivity index is 3.58. The lowest BCUT2D eigenvalue weighted by Crippen LogP contribution is -2.42. The summed E-state index contributed by atoms with van der Waals surface area (Å²) in [4.78, 5) is 21.4. The number of carbonyl (C=O) groups excluding carboxylic acids is 1. The van der Waals surface area contributed by atoms with E-state index in [2.05, 4.69) is 16.6 Å². The Morgan fingerprint density at radius 1 is 1.53 bits per heavy atom. The minimum absolute atomic E-state index is 0.0417. The molecule has 0 aliphatic rings. The molecule has 0 aromatic rings. The second-order valence-electron chi connectivity index (χ2n) is 3.36. The largest absolute Gasteiger partial charge is 0.480 e. The van der Waals surface area contributed by atoms with Crippen LogP contribution < -0.4 is 10.6 Å². The number of urea groups is 1. The second-order valence-corrected chi connectivity index (χ2v) is 3.36. The third-order valence-corrected chi connectivity index (χ3v) is 1.95. The standard InChI is InChI=1S/C11H18N2O4/c1-3-5-9(4-2)13-11(16)12-6-7-17-8-10(14)15/h1,9H,4-8H2,2H3,(H,14,15)(H2,12,13,16). The lowest BCUT2D eigenvalue weighted by Gasteiger charge is -2.14. The highest BCUT2D eigenvalue weighted by Gasteiger charge is 2.08. The second kappa shape index (κ2) is 9.48. The molecule has 0 spiro atoms. The fraction of sp³-hybridized carbons (Fsp3) is 0.636. The molecule has 0 bridgehead atoms. The van der Waals surface area contributed by atoms with Crippen LogP contribution in [0.3, 0.4) is 0 Å². The van der Waals surface area contributed by atoms with Crippen molar-refractivity contribution in [3.05, 3.63) is 0 Å². The molecule has 0 saturated heterocycles. The normalized spacial score (nSPS) is 11.3. The van der Waals surface area contributed by atoms with E-state index < -0.39 is 5.97 Å². The zero-order valence-electron chi connectivity index (χ0n) is 9.86. The molecular formula is C11H18N2O4. The Morgan fingerprint density at radius 2 is 2.24 bits per heavy atom. The zero-order chi connectivity index (χ0) is 13.1. The molecule has 6 heteroatoms. The molecule has 0 heterocycles. The van der Waals surface area contributed by atoms with Crippen LogP contribution in [-0.4, -0.2) is 42.9 Å². The maximum absolute atomic E-state index is 11.3. The van der Waals surface area contributed by atoms with Crippen LogP contribution in [0.25, 0.3) is 0 Å². The zero-order valence-corrected chi connectivity index (χ0v) is 9.86. The molecule has 0 aliphatic heterocycles. The molecule has 2 amide bonds. The number of terminal acetylenes is 1. The maximum atomic E-state index is 11.3. The first kappa shape index (κ1) is 15.3. The molecule has 0 aromatic heterocycles. The molecule has 17 heavy (non-hydrogen) atoms. The minimum Gasteiger partial charge on any atom is -0.480 e. The number of hydrogen-bond acceptors (Lipinski definition) is 3. The molecule has 0 rings (SSSR count). The smallest absolute Gasteiger partial charge is 0.329 e. The molecule has 1 atom stereocenters. The lowest BCUT2D eigenvalue weighted by atomic mass is 10.2. The van der Waals surface area contributed by atoms with Crippen molar-refractivity contribution in [3.8, 4) is 12.3 Å². The van der Waals surface area contributed by atoms with E-state index in [9.17, 15) is 9.59 Å². The summed E-state index contributed by atoms with van der Waals surface area (Å²) >= 11 is 0. The summed E-state index contributed by atoms with van der Waals surface area (Å²) in [5.74, 6) is 1.45. The lowest BCUT2D eigenvalue weighted by molar-refractivity contribution is -0.142. The fourth-order valence-electron chi connectivity index (χ4n) is 1.07. The van der Waals surface area contributed by atoms with Crippen LogP contribution in [-0.2, 0) is 9.53 Å². The summed E-state index contributed by atoms with van der Waals surface area (Å²) in [6.07, 6.45) is 6.39. The maximum Gasteiger partial charge on any atom is 0.329 e. The van der Waals surface area contributed by atoms with Gasteiger partial charge < -0.3 is 20.5 Å². The van der Waals surface area contributed by atoms with E-state index in [1.165, 1.54) is 0 Å². The van der Waals surface area contributed by atoms with Gasteiger partial charge in [-0.25, -0.2) is 9.59 Å². The fourth-order valence-corrected chi connectivity index (χ4v) is 1.07. The number of carboxylic acid groups (broad SMARTS) is 1. The average molecular weight is 242 g/mol. The highest BCUT2D eigenvalue weighted by atomic mass is 16.5. The van der Waals surface area contributed by atoms with Gasteiger partial charge in [0, 0.05) is 19.0 Å². The van der Waals surface area contributed by atoms with E-state index in [0.29, 0.717) is 6.42 Å². The molecule has 0 aromatic carbocycles. The first-order valence-corrected chi connectivity index (χ1v) is 5.37. The Kier molecular flexibility index (Phi) is 8.51. The molecule has 3 N–H and O–H groups in total. The van der Waals surface area contributed by atoms with Gasteiger partial charge in [-0.15, -0.1) is 12.3 Å². The van der Waals surface area contributed by atoms with Gasteiger partial charge in [-0.1, -0.05) is 6.92 Å². The summed E-state index contributed by atoms with van der Waals surface area (Å²) in [5.41, 5.74) is 0. The summed E-state index contributed by atoms with van der Waals surface area (Å²) in [6.45, 7) is 1.98. The van der Waals surface area contributed by atoms with Crippen molar-refractivity contribution >= 4 is 12.0 Å². The van der Waals surface area contributed by atoms with Gasteiger partial charge in [0.05, 0.1) is 6.61 Å². The van der Waals surface area contributed by atoms with E-state index in [4.69, 9.17) is 16.3 Å². The van der Waals surface area contributed by atoms with Gasteiger partial charge in [0.25, 0.3) is 0 Å². The Bertz CT molecular complexity index is 286. The summed E-state index contributed by atoms with van der Waals surface area (Å²) in [6, 6.07) is -0.369. The Labute approximate surface area is 101 Å². The van der Waals surface area contributed by atoms with Crippen LogP contribution in [0, 0.1) is 12.3 Å². The SMILES string of the molecule is C#CCC(CC)NC(=O)NCCOCC(=O)O. The van der Waals surface area contributed by atoms with Gasteiger partial charge in [0.1, 0.15) is 6.61 Å². The molecule has 6 nitrogen and oxygen atoms in total. The van der Waals surface area contributed by atoms with Crippen LogP contribution in [0.1, 0.15) is 19.8 Å². The van der Waals surface area contributed by atoms with Crippen LogP contribution in [0.4, 0.5) is 4.79 Å². The van der Waals surface area contributed by atoms with E-state index in [-0.39, 0.29) is 31.8 Å². The number of aliphatic carboxylic acids is 1. The van der Waals surface area contributed by atoms with Crippen molar-refractivity contribution in [2.24, 2.45) is 0 Å². The van der Waals surface area contributed by atoms with Crippen LogP contribution in [0.5, 0.6) is 0 Å². The monoisotopic (exact) mass is 242 g/mol. The third kappa shape index (κ3) is 9.20. The van der Waals surface area contributed by atoms with Crippen molar-refractivity contribution in [3.63, 3.8) is 0 Å². The third-order valence-electron chi connectivity index (χ3n) is 1.95. The molecule has 0 aliphatic carbocycles. The number of rotatable bonds is 8. The van der Waals surface area contributed by atoms with Crippen LogP contribution in [0.15, 0.2) is 0 Å². The molecule has 1 unspecified atom stereocenters. The van der Waals surface area contributed by atoms with Gasteiger partial charge in [-0.3, -0.25) is 0 Å². The number of nitrogens with one attached hydrogen (secondary N) is 2. The molecule has 0 radical (unpaired) electrons. The first-order valence-electron chi connectivity index (χ1n) is 5.37. The topological polar surface area (TPSA) is 87.7 Å². The number of ether oxygens (including phenoxy) is 1. The highest BCUT2D eigenvalue weighted by Crippen LogP contribution is 1.95. The van der Waals surface area contributed by atoms with Crippen LogP contribution >= 0.6 is 0 Å². The van der Waals surface area contributed by atoms with E-state index in [0.717, 1.165) is 6.42 Å². The van der Waals surface area contributed by atoms with Gasteiger partial charge in [0.15, 0.2) is 0 Å². The Hall–Kier alpha value is -1.74. The molecule has 96 valence electrons. The number of carbonyl (C=O) groups is 2. The quantitative estimate of drug-likeness (QED) is 0.419. The van der Waals surface area contributed by atoms with Crippen LogP contribution in [0.2, 0.25) is 0 Å². The number of amides is 2. The number of carboxylic acids is 1. The van der Waals surface area contributed by atoms with Gasteiger partial charge in [-0.2, -0.15) is 0 Å². The predicted molar refractivity (Wildman–Crippen MR) is 62.5 cm³/mol. The van der Waals surface area contributed by atoms with E-state index >= 15 is 0 Å². The Morgan fingerprint density at radius 3 is 2.76 bits per heavy atom. The van der Waals surface area contributed by atoms with E-state index in [1.807, 2.05) is 6.92 Å². The predicted octanol–water partition coefficient (Wildman–Crippen LogP) is 0.189. The van der Waals surface area contributed by atoms with E-state index in [1.54, 1.807) is 0 Å². The highest BCUT2D eigenvalue weighted by molar-refractivity contribution is 5.74. The van der Waals surface area contributed by atoms with Gasteiger partial charge in [-0.05, 0) is 6.42 Å². The van der Waals surface area contributed by atoms with Crippen molar-refractivity contribution in [1.29, 1.82) is 0 Å².